The quantitative estimate of drug-likeness (QED) is 0.353. The fourth-order valence-corrected chi connectivity index (χ4v) is 5.36. The molecule has 0 saturated heterocycles. The summed E-state index contributed by atoms with van der Waals surface area (Å²) in [7, 11) is -4.08. The summed E-state index contributed by atoms with van der Waals surface area (Å²) in [6, 6.07) is 21.0. The maximum absolute atomic E-state index is 13.9. The average Bonchev–Trinajstić information content (AvgIpc) is 2.91. The molecule has 38 heavy (non-hydrogen) atoms. The van der Waals surface area contributed by atoms with E-state index < -0.39 is 28.5 Å². The lowest BCUT2D eigenvalue weighted by molar-refractivity contribution is -0.139. The van der Waals surface area contributed by atoms with Crippen molar-refractivity contribution in [2.24, 2.45) is 0 Å². The molecular weight excluding hydrogens is 522 g/mol. The molecule has 0 aliphatic heterocycles. The fraction of sp³-hybridized carbons (Fsp3) is 0.310. The summed E-state index contributed by atoms with van der Waals surface area (Å²) in [5, 5.41) is 3.47. The maximum atomic E-state index is 13.9. The van der Waals surface area contributed by atoms with Crippen LogP contribution in [0.25, 0.3) is 0 Å². The highest BCUT2D eigenvalue weighted by atomic mass is 35.5. The number of halogens is 1. The average molecular weight is 556 g/mol. The smallest absolute Gasteiger partial charge is 0.264 e. The Balaban J connectivity index is 2.00. The number of nitrogens with zero attached hydrogens (tertiary/aromatic N) is 2. The van der Waals surface area contributed by atoms with Gasteiger partial charge in [0.2, 0.25) is 11.8 Å². The number of sulfonamides is 1. The summed E-state index contributed by atoms with van der Waals surface area (Å²) in [5.41, 5.74) is 2.08. The summed E-state index contributed by atoms with van der Waals surface area (Å²) < 4.78 is 28.5. The number of rotatable bonds is 11. The predicted octanol–water partition coefficient (Wildman–Crippen LogP) is 5.18. The number of anilines is 1. The summed E-state index contributed by atoms with van der Waals surface area (Å²) in [6.07, 6.45) is 0.736. The van der Waals surface area contributed by atoms with E-state index in [4.69, 9.17) is 11.6 Å². The summed E-state index contributed by atoms with van der Waals surface area (Å²) in [5.74, 6) is -0.818. The number of amides is 2. The van der Waals surface area contributed by atoms with Crippen LogP contribution in [0.5, 0.6) is 0 Å². The van der Waals surface area contributed by atoms with Gasteiger partial charge in [0.15, 0.2) is 0 Å². The molecule has 0 saturated carbocycles. The lowest BCUT2D eigenvalue weighted by atomic mass is 10.1. The molecule has 0 aromatic heterocycles. The largest absolute Gasteiger partial charge is 0.352 e. The van der Waals surface area contributed by atoms with Gasteiger partial charge in [0.05, 0.1) is 10.6 Å². The summed E-state index contributed by atoms with van der Waals surface area (Å²) in [6.45, 7) is 7.03. The van der Waals surface area contributed by atoms with Crippen molar-refractivity contribution in [2.75, 3.05) is 10.8 Å². The van der Waals surface area contributed by atoms with E-state index in [0.29, 0.717) is 10.7 Å². The van der Waals surface area contributed by atoms with E-state index in [0.717, 1.165) is 21.9 Å². The molecule has 2 amide bonds. The molecule has 0 unspecified atom stereocenters. The summed E-state index contributed by atoms with van der Waals surface area (Å²) >= 11 is 6.04. The molecule has 0 bridgehead atoms. The number of aryl methyl sites for hydroxylation is 1. The normalized spacial score (nSPS) is 12.9. The molecule has 0 fully saturated rings. The van der Waals surface area contributed by atoms with Gasteiger partial charge in [-0.15, -0.1) is 0 Å². The van der Waals surface area contributed by atoms with Crippen molar-refractivity contribution < 1.29 is 18.0 Å². The Kier molecular flexibility index (Phi) is 9.94. The van der Waals surface area contributed by atoms with Gasteiger partial charge < -0.3 is 10.2 Å². The molecule has 0 radical (unpaired) electrons. The van der Waals surface area contributed by atoms with Crippen molar-refractivity contribution in [2.45, 2.75) is 57.6 Å². The van der Waals surface area contributed by atoms with Crippen molar-refractivity contribution in [1.82, 2.24) is 10.2 Å². The highest BCUT2D eigenvalue weighted by Gasteiger charge is 2.32. The Hall–Kier alpha value is -3.36. The molecule has 3 aromatic rings. The fourth-order valence-electron chi connectivity index (χ4n) is 3.79. The monoisotopic (exact) mass is 555 g/mol. The van der Waals surface area contributed by atoms with Gasteiger partial charge in [-0.3, -0.25) is 13.9 Å². The highest BCUT2D eigenvalue weighted by molar-refractivity contribution is 7.92. The van der Waals surface area contributed by atoms with E-state index in [1.165, 1.54) is 17.0 Å². The van der Waals surface area contributed by atoms with Gasteiger partial charge in [-0.25, -0.2) is 8.42 Å². The molecule has 9 heteroatoms. The maximum Gasteiger partial charge on any atom is 0.264 e. The van der Waals surface area contributed by atoms with Crippen LogP contribution in [0, 0.1) is 6.92 Å². The first-order valence-corrected chi connectivity index (χ1v) is 14.3. The van der Waals surface area contributed by atoms with Gasteiger partial charge in [-0.05, 0) is 69.2 Å². The Morgan fingerprint density at radius 2 is 1.53 bits per heavy atom. The Bertz CT molecular complexity index is 1330. The number of hydrogen-bond acceptors (Lipinski definition) is 4. The van der Waals surface area contributed by atoms with E-state index >= 15 is 0 Å². The van der Waals surface area contributed by atoms with Crippen LogP contribution in [-0.4, -0.2) is 43.8 Å². The van der Waals surface area contributed by atoms with Crippen molar-refractivity contribution in [1.29, 1.82) is 0 Å². The van der Waals surface area contributed by atoms with Gasteiger partial charge in [-0.2, -0.15) is 0 Å². The first-order chi connectivity index (χ1) is 18.0. The number of carbonyl (C=O) groups is 2. The van der Waals surface area contributed by atoms with Crippen LogP contribution >= 0.6 is 11.6 Å². The minimum absolute atomic E-state index is 0.0695. The number of nitrogens with one attached hydrogen (secondary N) is 1. The standard InChI is InChI=1S/C29H34ClN3O4S/c1-5-22(3)31-29(35)23(4)32(19-24-13-15-25(30)16-14-24)28(34)20-33(26-17-11-21(2)12-18-26)38(36,37)27-9-7-6-8-10-27/h6-18,22-23H,5,19-20H2,1-4H3,(H,31,35)/t22-,23+/m0/s1. The van der Waals surface area contributed by atoms with Crippen LogP contribution in [0.3, 0.4) is 0 Å². The molecule has 0 heterocycles. The van der Waals surface area contributed by atoms with Gasteiger partial charge in [0, 0.05) is 17.6 Å². The predicted molar refractivity (Wildman–Crippen MR) is 152 cm³/mol. The van der Waals surface area contributed by atoms with E-state index in [1.807, 2.05) is 20.8 Å². The van der Waals surface area contributed by atoms with E-state index in [2.05, 4.69) is 5.32 Å². The van der Waals surface area contributed by atoms with Crippen molar-refractivity contribution >= 4 is 39.1 Å². The molecule has 0 aliphatic carbocycles. The first-order valence-electron chi connectivity index (χ1n) is 12.5. The summed E-state index contributed by atoms with van der Waals surface area (Å²) in [4.78, 5) is 28.4. The van der Waals surface area contributed by atoms with Gasteiger partial charge in [0.25, 0.3) is 10.0 Å². The Morgan fingerprint density at radius 1 is 0.921 bits per heavy atom. The Labute approximate surface area is 230 Å². The SMILES string of the molecule is CC[C@H](C)NC(=O)[C@@H](C)N(Cc1ccc(Cl)cc1)C(=O)CN(c1ccc(C)cc1)S(=O)(=O)c1ccccc1. The molecule has 0 spiro atoms. The molecule has 1 N–H and O–H groups in total. The second-order valence-electron chi connectivity index (χ2n) is 9.30. The van der Waals surface area contributed by atoms with Crippen LogP contribution in [0.2, 0.25) is 5.02 Å². The van der Waals surface area contributed by atoms with Gasteiger partial charge >= 0.3 is 0 Å². The lowest BCUT2D eigenvalue weighted by Gasteiger charge is -2.32. The number of hydrogen-bond donors (Lipinski definition) is 1. The van der Waals surface area contributed by atoms with E-state index in [1.54, 1.807) is 73.7 Å². The van der Waals surface area contributed by atoms with Crippen molar-refractivity contribution in [3.8, 4) is 0 Å². The minimum Gasteiger partial charge on any atom is -0.352 e. The minimum atomic E-state index is -4.08. The Morgan fingerprint density at radius 3 is 2.11 bits per heavy atom. The van der Waals surface area contributed by atoms with Crippen LogP contribution < -0.4 is 9.62 Å². The van der Waals surface area contributed by atoms with Gasteiger partial charge in [-0.1, -0.05) is 66.6 Å². The molecule has 3 aromatic carbocycles. The van der Waals surface area contributed by atoms with Gasteiger partial charge in [0.1, 0.15) is 12.6 Å². The lowest BCUT2D eigenvalue weighted by Crippen LogP contribution is -2.52. The molecule has 3 rings (SSSR count). The second kappa shape index (κ2) is 12.9. The third-order valence-corrected chi connectivity index (χ3v) is 8.41. The zero-order chi connectivity index (χ0) is 27.9. The van der Waals surface area contributed by atoms with Crippen molar-refractivity contribution in [3.63, 3.8) is 0 Å². The molecular formula is C29H34ClN3O4S. The zero-order valence-electron chi connectivity index (χ0n) is 22.1. The first kappa shape index (κ1) is 29.2. The molecule has 2 atom stereocenters. The topological polar surface area (TPSA) is 86.8 Å². The molecule has 0 aliphatic rings. The van der Waals surface area contributed by atoms with Crippen LogP contribution in [0.1, 0.15) is 38.3 Å². The molecule has 202 valence electrons. The van der Waals surface area contributed by atoms with E-state index in [9.17, 15) is 18.0 Å². The van der Waals surface area contributed by atoms with Crippen LogP contribution in [-0.2, 0) is 26.2 Å². The third kappa shape index (κ3) is 7.36. The van der Waals surface area contributed by atoms with Crippen molar-refractivity contribution in [3.05, 3.63) is 95.0 Å². The zero-order valence-corrected chi connectivity index (χ0v) is 23.7. The highest BCUT2D eigenvalue weighted by Crippen LogP contribution is 2.25. The van der Waals surface area contributed by atoms with Crippen LogP contribution in [0.15, 0.2) is 83.8 Å². The van der Waals surface area contributed by atoms with Crippen LogP contribution in [0.4, 0.5) is 5.69 Å². The second-order valence-corrected chi connectivity index (χ2v) is 11.6. The molecule has 7 nitrogen and oxygen atoms in total. The van der Waals surface area contributed by atoms with E-state index in [-0.39, 0.29) is 23.4 Å². The number of carbonyl (C=O) groups excluding carboxylic acids is 2. The number of benzene rings is 3. The third-order valence-electron chi connectivity index (χ3n) is 6.37.